The van der Waals surface area contributed by atoms with E-state index in [1.54, 1.807) is 6.08 Å². The number of fused-ring (bicyclic) bond motifs is 2. The van der Waals surface area contributed by atoms with Gasteiger partial charge in [-0.1, -0.05) is 31.2 Å². The molecule has 0 saturated heterocycles. The molecule has 164 valence electrons. The second-order valence-corrected chi connectivity index (χ2v) is 9.67. The van der Waals surface area contributed by atoms with Crippen LogP contribution in [-0.2, 0) is 24.0 Å². The lowest BCUT2D eigenvalue weighted by Gasteiger charge is -2.59. The molecule has 0 aromatic carbocycles. The van der Waals surface area contributed by atoms with Gasteiger partial charge in [0.2, 0.25) is 5.91 Å². The minimum Gasteiger partial charge on any atom is -0.478 e. The molecule has 0 aromatic rings. The molecule has 7 nitrogen and oxygen atoms in total. The fourth-order valence-electron chi connectivity index (χ4n) is 6.13. The van der Waals surface area contributed by atoms with Crippen LogP contribution in [0.5, 0.6) is 0 Å². The molecule has 5 atom stereocenters. The van der Waals surface area contributed by atoms with E-state index in [1.165, 1.54) is 5.57 Å². The van der Waals surface area contributed by atoms with Crippen LogP contribution in [0.2, 0.25) is 0 Å². The Hall–Kier alpha value is -2.83. The van der Waals surface area contributed by atoms with Crippen LogP contribution in [0.3, 0.4) is 0 Å². The molecule has 2 bridgehead atoms. The minimum absolute atomic E-state index is 0.00926. The molecule has 3 fully saturated rings. The monoisotopic (exact) mass is 425 g/mol. The van der Waals surface area contributed by atoms with Crippen molar-refractivity contribution in [1.29, 1.82) is 0 Å². The summed E-state index contributed by atoms with van der Waals surface area (Å²) < 4.78 is 0. The molecule has 31 heavy (non-hydrogen) atoms. The fourth-order valence-corrected chi connectivity index (χ4v) is 6.13. The van der Waals surface area contributed by atoms with Gasteiger partial charge in [0.25, 0.3) is 0 Å². The third kappa shape index (κ3) is 3.40. The first-order valence-corrected chi connectivity index (χ1v) is 10.8. The Morgan fingerprint density at radius 3 is 2.71 bits per heavy atom. The highest BCUT2D eigenvalue weighted by Crippen LogP contribution is 2.64. The third-order valence-electron chi connectivity index (χ3n) is 7.97. The maximum absolute atomic E-state index is 12.9. The van der Waals surface area contributed by atoms with E-state index in [2.05, 4.69) is 18.0 Å². The fraction of sp³-hybridized carbons (Fsp3) is 0.542. The number of aliphatic carboxylic acids is 1. The van der Waals surface area contributed by atoms with Crippen LogP contribution in [0, 0.1) is 22.7 Å². The average Bonchev–Trinajstić information content (AvgIpc) is 2.72. The van der Waals surface area contributed by atoms with Crippen molar-refractivity contribution in [3.63, 3.8) is 0 Å². The molecule has 0 radical (unpaired) electrons. The highest BCUT2D eigenvalue weighted by molar-refractivity contribution is 6.28. The van der Waals surface area contributed by atoms with Gasteiger partial charge in [-0.05, 0) is 55.4 Å². The highest BCUT2D eigenvalue weighted by atomic mass is 16.4. The van der Waals surface area contributed by atoms with Crippen LogP contribution in [-0.4, -0.2) is 40.4 Å². The standard InChI is InChI=1S/C24H27NO6/c1-13-12-24-9-5-14(13)11-17(24)23(2,18(27)6-10-24)8-7-19(28)25-20-16(26)4-3-15(21(20)29)22(30)31/h3,6,10,14,17,20H,1,4-5,7-9,11-12H2,2H3,(H,25,28)(H,30,31)/t14?,17-,20?,23+,24-/m1/s1. The summed E-state index contributed by atoms with van der Waals surface area (Å²) >= 11 is 0. The number of hydrogen-bond donors (Lipinski definition) is 2. The lowest BCUT2D eigenvalue weighted by atomic mass is 9.44. The van der Waals surface area contributed by atoms with Gasteiger partial charge in [-0.3, -0.25) is 19.2 Å². The van der Waals surface area contributed by atoms with Gasteiger partial charge < -0.3 is 10.4 Å². The molecule has 5 aliphatic carbocycles. The quantitative estimate of drug-likeness (QED) is 0.397. The molecule has 3 saturated carbocycles. The second-order valence-electron chi connectivity index (χ2n) is 9.67. The van der Waals surface area contributed by atoms with Gasteiger partial charge in [-0.25, -0.2) is 4.79 Å². The summed E-state index contributed by atoms with van der Waals surface area (Å²) in [5, 5.41) is 11.5. The Labute approximate surface area is 180 Å². The second kappa shape index (κ2) is 7.39. The van der Waals surface area contributed by atoms with Crippen LogP contribution in [0.25, 0.3) is 0 Å². The number of carbonyl (C=O) groups is 5. The summed E-state index contributed by atoms with van der Waals surface area (Å²) in [6.45, 7) is 6.15. The SMILES string of the molecule is C=C1C[C@@]23C=CC(=O)[C@@](C)(CCC(=O)NC4C(=O)CC=C(C(=O)O)C4=O)[C@H]2CC1CC3. The number of nitrogens with one attached hydrogen (secondary N) is 1. The molecule has 0 aliphatic heterocycles. The molecule has 5 aliphatic rings. The van der Waals surface area contributed by atoms with Crippen molar-refractivity contribution in [3.05, 3.63) is 36.0 Å². The first kappa shape index (κ1) is 21.4. The van der Waals surface area contributed by atoms with Gasteiger partial charge in [-0.15, -0.1) is 0 Å². The van der Waals surface area contributed by atoms with Crippen molar-refractivity contribution in [3.8, 4) is 0 Å². The normalized spacial score (nSPS) is 36.8. The van der Waals surface area contributed by atoms with E-state index in [0.717, 1.165) is 31.8 Å². The van der Waals surface area contributed by atoms with Crippen LogP contribution < -0.4 is 5.32 Å². The lowest BCUT2D eigenvalue weighted by molar-refractivity contribution is -0.140. The molecule has 1 amide bonds. The van der Waals surface area contributed by atoms with E-state index in [-0.39, 0.29) is 30.0 Å². The molecular weight excluding hydrogens is 398 g/mol. The lowest BCUT2D eigenvalue weighted by Crippen LogP contribution is -2.54. The summed E-state index contributed by atoms with van der Waals surface area (Å²) in [5.41, 5.74) is -0.0114. The summed E-state index contributed by atoms with van der Waals surface area (Å²) in [6.07, 6.45) is 8.74. The van der Waals surface area contributed by atoms with E-state index >= 15 is 0 Å². The molecule has 2 N–H and O–H groups in total. The summed E-state index contributed by atoms with van der Waals surface area (Å²) in [7, 11) is 0. The first-order valence-electron chi connectivity index (χ1n) is 10.8. The van der Waals surface area contributed by atoms with Gasteiger partial charge in [0.05, 0.1) is 0 Å². The minimum atomic E-state index is -1.47. The number of carboxylic acid groups (broad SMARTS) is 1. The predicted molar refractivity (Wildman–Crippen MR) is 111 cm³/mol. The van der Waals surface area contributed by atoms with E-state index < -0.39 is 40.5 Å². The van der Waals surface area contributed by atoms with Gasteiger partial charge in [0.1, 0.15) is 5.57 Å². The smallest absolute Gasteiger partial charge is 0.339 e. The van der Waals surface area contributed by atoms with Crippen LogP contribution >= 0.6 is 0 Å². The number of Topliss-reactive ketones (excluding diaryl/α,β-unsaturated/α-hetero) is 2. The molecular formula is C24H27NO6. The van der Waals surface area contributed by atoms with Crippen molar-refractivity contribution in [2.24, 2.45) is 22.7 Å². The van der Waals surface area contributed by atoms with Crippen LogP contribution in [0.4, 0.5) is 0 Å². The third-order valence-corrected chi connectivity index (χ3v) is 7.97. The average molecular weight is 425 g/mol. The molecule has 2 unspecified atom stereocenters. The van der Waals surface area contributed by atoms with Gasteiger partial charge >= 0.3 is 5.97 Å². The van der Waals surface area contributed by atoms with Crippen molar-refractivity contribution in [1.82, 2.24) is 5.32 Å². The van der Waals surface area contributed by atoms with Crippen molar-refractivity contribution < 1.29 is 29.1 Å². The number of carbonyl (C=O) groups excluding carboxylic acids is 4. The number of hydrogen-bond acceptors (Lipinski definition) is 5. The Morgan fingerprint density at radius 2 is 2.03 bits per heavy atom. The maximum atomic E-state index is 12.9. The van der Waals surface area contributed by atoms with Gasteiger partial charge in [-0.2, -0.15) is 0 Å². The van der Waals surface area contributed by atoms with Crippen molar-refractivity contribution in [2.75, 3.05) is 0 Å². The Morgan fingerprint density at radius 1 is 1.29 bits per heavy atom. The number of ketones is 3. The van der Waals surface area contributed by atoms with E-state index in [9.17, 15) is 24.0 Å². The van der Waals surface area contributed by atoms with Gasteiger partial charge in [0, 0.05) is 18.3 Å². The van der Waals surface area contributed by atoms with Crippen LogP contribution in [0.1, 0.15) is 51.9 Å². The Bertz CT molecular complexity index is 975. The molecule has 1 spiro atoms. The topological polar surface area (TPSA) is 118 Å². The zero-order valence-electron chi connectivity index (χ0n) is 17.6. The van der Waals surface area contributed by atoms with Crippen molar-refractivity contribution >= 4 is 29.2 Å². The Balaban J connectivity index is 1.46. The van der Waals surface area contributed by atoms with Gasteiger partial charge in [0.15, 0.2) is 23.4 Å². The van der Waals surface area contributed by atoms with E-state index in [0.29, 0.717) is 12.3 Å². The summed E-state index contributed by atoms with van der Waals surface area (Å²) in [4.78, 5) is 61.1. The van der Waals surface area contributed by atoms with Crippen molar-refractivity contribution in [2.45, 2.75) is 57.9 Å². The number of rotatable bonds is 5. The molecule has 0 heterocycles. The molecule has 5 rings (SSSR count). The summed E-state index contributed by atoms with van der Waals surface area (Å²) in [5.74, 6) is -2.82. The maximum Gasteiger partial charge on any atom is 0.339 e. The molecule has 0 aromatic heterocycles. The zero-order valence-corrected chi connectivity index (χ0v) is 17.6. The summed E-state index contributed by atoms with van der Waals surface area (Å²) in [6, 6.07) is -1.47. The van der Waals surface area contributed by atoms with Crippen LogP contribution in [0.15, 0.2) is 36.0 Å². The molecule has 7 heteroatoms. The highest BCUT2D eigenvalue weighted by Gasteiger charge is 2.58. The van der Waals surface area contributed by atoms with E-state index in [1.807, 2.05) is 6.92 Å². The first-order chi connectivity index (χ1) is 14.6. The largest absolute Gasteiger partial charge is 0.478 e. The predicted octanol–water partition coefficient (Wildman–Crippen LogP) is 2.31. The number of carboxylic acids is 1. The number of amides is 1. The Kier molecular flexibility index (Phi) is 5.10. The van der Waals surface area contributed by atoms with E-state index in [4.69, 9.17) is 5.11 Å². The zero-order chi connectivity index (χ0) is 22.6. The number of allylic oxidation sites excluding steroid dienone is 4.